The van der Waals surface area contributed by atoms with Gasteiger partial charge in [-0.05, 0) is 49.2 Å². The predicted octanol–water partition coefficient (Wildman–Crippen LogP) is 4.43. The van der Waals surface area contributed by atoms with Gasteiger partial charge in [0, 0.05) is 11.6 Å². The van der Waals surface area contributed by atoms with Crippen LogP contribution in [0, 0.1) is 11.6 Å². The molecule has 3 nitrogen and oxygen atoms in total. The van der Waals surface area contributed by atoms with Gasteiger partial charge in [-0.2, -0.15) is 0 Å². The molecule has 3 rings (SSSR count). The minimum Gasteiger partial charge on any atom is -0.438 e. The van der Waals surface area contributed by atoms with Crippen molar-refractivity contribution < 1.29 is 18.3 Å². The molecule has 1 aliphatic heterocycles. The molecule has 0 saturated heterocycles. The van der Waals surface area contributed by atoms with Crippen LogP contribution in [0.4, 0.5) is 19.3 Å². The van der Waals surface area contributed by atoms with Crippen LogP contribution in [0.25, 0.3) is 11.1 Å². The highest BCUT2D eigenvalue weighted by Crippen LogP contribution is 2.38. The Balaban J connectivity index is 2.13. The zero-order chi connectivity index (χ0) is 15.2. The second-order valence-electron chi connectivity index (χ2n) is 5.44. The Morgan fingerprint density at radius 2 is 1.67 bits per heavy atom. The molecule has 2 aromatic rings. The summed E-state index contributed by atoms with van der Waals surface area (Å²) in [5.74, 6) is -1.27. The fraction of sp³-hybridized carbons (Fsp3) is 0.188. The Hall–Kier alpha value is -2.43. The number of benzene rings is 2. The van der Waals surface area contributed by atoms with Gasteiger partial charge in [0.25, 0.3) is 0 Å². The Morgan fingerprint density at radius 3 is 2.33 bits per heavy atom. The molecule has 0 radical (unpaired) electrons. The van der Waals surface area contributed by atoms with Gasteiger partial charge in [-0.15, -0.1) is 0 Å². The largest absolute Gasteiger partial charge is 0.438 e. The van der Waals surface area contributed by atoms with Crippen LogP contribution in [0.5, 0.6) is 0 Å². The SMILES string of the molecule is CC1(C)OC(=O)Nc2ccc(-c3cc(F)cc(F)c3)cc21. The van der Waals surface area contributed by atoms with E-state index in [1.165, 1.54) is 12.1 Å². The number of nitrogens with one attached hydrogen (secondary N) is 1. The van der Waals surface area contributed by atoms with Crippen molar-refractivity contribution in [3.8, 4) is 11.1 Å². The number of hydrogen-bond acceptors (Lipinski definition) is 2. The van der Waals surface area contributed by atoms with Gasteiger partial charge in [0.05, 0.1) is 5.69 Å². The molecule has 1 aliphatic rings. The molecule has 21 heavy (non-hydrogen) atoms. The topological polar surface area (TPSA) is 38.3 Å². The number of anilines is 1. The second-order valence-corrected chi connectivity index (χ2v) is 5.44. The first kappa shape index (κ1) is 13.5. The lowest BCUT2D eigenvalue weighted by molar-refractivity contribution is 0.0421. The molecule has 0 bridgehead atoms. The van der Waals surface area contributed by atoms with Crippen LogP contribution in [0.3, 0.4) is 0 Å². The Morgan fingerprint density at radius 1 is 1.00 bits per heavy atom. The number of rotatable bonds is 1. The molecule has 0 aromatic heterocycles. The minimum absolute atomic E-state index is 0.433. The third-order valence-electron chi connectivity index (χ3n) is 3.45. The highest BCUT2D eigenvalue weighted by atomic mass is 19.1. The quantitative estimate of drug-likeness (QED) is 0.843. The summed E-state index contributed by atoms with van der Waals surface area (Å²) in [7, 11) is 0. The molecule has 0 saturated carbocycles. The first-order chi connectivity index (χ1) is 9.85. The van der Waals surface area contributed by atoms with E-state index in [-0.39, 0.29) is 0 Å². The van der Waals surface area contributed by atoms with Gasteiger partial charge >= 0.3 is 6.09 Å². The fourth-order valence-corrected chi connectivity index (χ4v) is 2.47. The van der Waals surface area contributed by atoms with Crippen molar-refractivity contribution in [2.75, 3.05) is 5.32 Å². The molecule has 0 fully saturated rings. The molecular weight excluding hydrogens is 276 g/mol. The molecule has 1 N–H and O–H groups in total. The maximum atomic E-state index is 13.3. The molecule has 5 heteroatoms. The van der Waals surface area contributed by atoms with E-state index < -0.39 is 23.3 Å². The van der Waals surface area contributed by atoms with Crippen molar-refractivity contribution in [3.05, 3.63) is 53.6 Å². The number of carbonyl (C=O) groups is 1. The van der Waals surface area contributed by atoms with Crippen LogP contribution < -0.4 is 5.32 Å². The highest BCUT2D eigenvalue weighted by molar-refractivity contribution is 5.89. The van der Waals surface area contributed by atoms with E-state index in [2.05, 4.69) is 5.32 Å². The van der Waals surface area contributed by atoms with E-state index in [4.69, 9.17) is 4.74 Å². The molecule has 1 amide bonds. The van der Waals surface area contributed by atoms with E-state index in [9.17, 15) is 13.6 Å². The Kier molecular flexibility index (Phi) is 2.93. The number of hydrogen-bond donors (Lipinski definition) is 1. The van der Waals surface area contributed by atoms with Gasteiger partial charge in [-0.25, -0.2) is 13.6 Å². The number of carbonyl (C=O) groups excluding carboxylic acids is 1. The van der Waals surface area contributed by atoms with Crippen LogP contribution in [0.1, 0.15) is 19.4 Å². The van der Waals surface area contributed by atoms with Crippen molar-refractivity contribution in [1.29, 1.82) is 0 Å². The zero-order valence-corrected chi connectivity index (χ0v) is 11.5. The Bertz CT molecular complexity index is 721. The van der Waals surface area contributed by atoms with Crippen molar-refractivity contribution in [2.24, 2.45) is 0 Å². The van der Waals surface area contributed by atoms with Crippen LogP contribution in [0.2, 0.25) is 0 Å². The molecule has 0 atom stereocenters. The van der Waals surface area contributed by atoms with Gasteiger partial charge in [-0.3, -0.25) is 5.32 Å². The summed E-state index contributed by atoms with van der Waals surface area (Å²) in [6, 6.07) is 8.53. The lowest BCUT2D eigenvalue weighted by atomic mass is 9.91. The highest BCUT2D eigenvalue weighted by Gasteiger charge is 2.33. The van der Waals surface area contributed by atoms with E-state index in [1.807, 2.05) is 0 Å². The summed E-state index contributed by atoms with van der Waals surface area (Å²) in [6.45, 7) is 3.53. The first-order valence-corrected chi connectivity index (χ1v) is 6.46. The molecule has 0 aliphatic carbocycles. The smallest absolute Gasteiger partial charge is 0.412 e. The molecule has 1 heterocycles. The fourth-order valence-electron chi connectivity index (χ4n) is 2.47. The number of cyclic esters (lactones) is 1. The average Bonchev–Trinajstić information content (AvgIpc) is 2.36. The van der Waals surface area contributed by atoms with Crippen molar-refractivity contribution in [2.45, 2.75) is 19.4 Å². The van der Waals surface area contributed by atoms with Gasteiger partial charge in [-0.1, -0.05) is 6.07 Å². The van der Waals surface area contributed by atoms with E-state index in [0.29, 0.717) is 16.8 Å². The van der Waals surface area contributed by atoms with Crippen molar-refractivity contribution >= 4 is 11.8 Å². The summed E-state index contributed by atoms with van der Waals surface area (Å²) in [5, 5.41) is 2.61. The zero-order valence-electron chi connectivity index (χ0n) is 11.5. The van der Waals surface area contributed by atoms with Crippen molar-refractivity contribution in [1.82, 2.24) is 0 Å². The second kappa shape index (κ2) is 4.55. The Labute approximate surface area is 120 Å². The maximum absolute atomic E-state index is 13.3. The normalized spacial score (nSPS) is 15.9. The average molecular weight is 289 g/mol. The van der Waals surface area contributed by atoms with Crippen LogP contribution >= 0.6 is 0 Å². The molecule has 0 spiro atoms. The monoisotopic (exact) mass is 289 g/mol. The van der Waals surface area contributed by atoms with Crippen molar-refractivity contribution in [3.63, 3.8) is 0 Å². The third kappa shape index (κ3) is 2.46. The summed E-state index contributed by atoms with van der Waals surface area (Å²) in [6.07, 6.45) is -0.517. The lowest BCUT2D eigenvalue weighted by Crippen LogP contribution is -2.34. The van der Waals surface area contributed by atoms with Crippen LogP contribution in [-0.4, -0.2) is 6.09 Å². The van der Waals surface area contributed by atoms with E-state index in [0.717, 1.165) is 11.6 Å². The first-order valence-electron chi connectivity index (χ1n) is 6.46. The van der Waals surface area contributed by atoms with Crippen LogP contribution in [-0.2, 0) is 10.3 Å². The van der Waals surface area contributed by atoms with Crippen LogP contribution in [0.15, 0.2) is 36.4 Å². The number of amides is 1. The molecule has 108 valence electrons. The molecular formula is C16H13F2NO2. The summed E-state index contributed by atoms with van der Waals surface area (Å²) < 4.78 is 31.9. The summed E-state index contributed by atoms with van der Waals surface area (Å²) in [4.78, 5) is 11.5. The molecule has 2 aromatic carbocycles. The lowest BCUT2D eigenvalue weighted by Gasteiger charge is -2.32. The summed E-state index contributed by atoms with van der Waals surface area (Å²) >= 11 is 0. The number of ether oxygens (including phenoxy) is 1. The van der Waals surface area contributed by atoms with E-state index in [1.54, 1.807) is 32.0 Å². The van der Waals surface area contributed by atoms with Gasteiger partial charge in [0.15, 0.2) is 0 Å². The summed E-state index contributed by atoms with van der Waals surface area (Å²) in [5.41, 5.74) is 1.67. The van der Waals surface area contributed by atoms with E-state index >= 15 is 0 Å². The number of fused-ring (bicyclic) bond motifs is 1. The third-order valence-corrected chi connectivity index (χ3v) is 3.45. The van der Waals surface area contributed by atoms with Gasteiger partial charge in [0.1, 0.15) is 17.2 Å². The van der Waals surface area contributed by atoms with Gasteiger partial charge in [0.2, 0.25) is 0 Å². The maximum Gasteiger partial charge on any atom is 0.412 e. The van der Waals surface area contributed by atoms with Gasteiger partial charge < -0.3 is 4.74 Å². The number of halogens is 2. The minimum atomic E-state index is -0.806. The molecule has 0 unspecified atom stereocenters. The standard InChI is InChI=1S/C16H13F2NO2/c1-16(2)13-7-9(3-4-14(13)19-15(20)21-16)10-5-11(17)8-12(18)6-10/h3-8H,1-2H3,(H,19,20). The predicted molar refractivity (Wildman–Crippen MR) is 74.9 cm³/mol.